The summed E-state index contributed by atoms with van der Waals surface area (Å²) < 4.78 is 23.8. The van der Waals surface area contributed by atoms with Crippen LogP contribution in [0.2, 0.25) is 0 Å². The fourth-order valence-electron chi connectivity index (χ4n) is 2.83. The zero-order valence-corrected chi connectivity index (χ0v) is 14.0. The number of carbonyl (C=O) groups excluding carboxylic acids is 1. The van der Waals surface area contributed by atoms with Gasteiger partial charge in [-0.2, -0.15) is 0 Å². The fraction of sp³-hybridized carbons (Fsp3) is 0.933. The van der Waals surface area contributed by atoms with Gasteiger partial charge in [0.25, 0.3) is 0 Å². The maximum absolute atomic E-state index is 12.1. The van der Waals surface area contributed by atoms with Crippen molar-refractivity contribution in [3.8, 4) is 0 Å². The molecule has 0 atom stereocenters. The van der Waals surface area contributed by atoms with Crippen molar-refractivity contribution in [1.82, 2.24) is 10.2 Å². The first-order valence-corrected chi connectivity index (χ1v) is 9.89. The minimum atomic E-state index is -3.26. The molecular formula is C15H28N2O3S. The van der Waals surface area contributed by atoms with Gasteiger partial charge in [0.15, 0.2) is 9.84 Å². The van der Waals surface area contributed by atoms with Gasteiger partial charge in [-0.1, -0.05) is 13.8 Å². The van der Waals surface area contributed by atoms with Crippen LogP contribution in [0.5, 0.6) is 0 Å². The van der Waals surface area contributed by atoms with E-state index in [9.17, 15) is 13.2 Å². The number of sulfone groups is 1. The van der Waals surface area contributed by atoms with Crippen LogP contribution in [0.4, 0.5) is 0 Å². The first-order chi connectivity index (χ1) is 9.85. The van der Waals surface area contributed by atoms with E-state index in [4.69, 9.17) is 0 Å². The third kappa shape index (κ3) is 5.94. The van der Waals surface area contributed by atoms with Gasteiger partial charge in [-0.3, -0.25) is 4.79 Å². The molecule has 0 spiro atoms. The predicted molar refractivity (Wildman–Crippen MR) is 83.8 cm³/mol. The molecule has 2 aliphatic rings. The zero-order valence-electron chi connectivity index (χ0n) is 13.2. The van der Waals surface area contributed by atoms with Crippen LogP contribution in [0, 0.1) is 11.8 Å². The summed E-state index contributed by atoms with van der Waals surface area (Å²) in [5, 5.41) is 3.56. The Morgan fingerprint density at radius 1 is 1.19 bits per heavy atom. The number of hydrogen-bond acceptors (Lipinski definition) is 4. The molecule has 0 unspecified atom stereocenters. The van der Waals surface area contributed by atoms with Gasteiger partial charge in [0.05, 0.1) is 5.75 Å². The molecule has 0 aromatic rings. The molecular weight excluding hydrogens is 288 g/mol. The Kier molecular flexibility index (Phi) is 5.66. The molecule has 0 aromatic carbocycles. The quantitative estimate of drug-likeness (QED) is 0.762. The summed E-state index contributed by atoms with van der Waals surface area (Å²) in [4.78, 5) is 13.8. The molecule has 6 heteroatoms. The van der Waals surface area contributed by atoms with E-state index in [-0.39, 0.29) is 23.3 Å². The normalized spacial score (nSPS) is 21.0. The van der Waals surface area contributed by atoms with Gasteiger partial charge in [-0.15, -0.1) is 0 Å². The van der Waals surface area contributed by atoms with Crippen LogP contribution in [-0.2, 0) is 14.6 Å². The van der Waals surface area contributed by atoms with Gasteiger partial charge in [0.2, 0.25) is 5.91 Å². The van der Waals surface area contributed by atoms with Crippen LogP contribution < -0.4 is 5.32 Å². The Bertz CT molecular complexity index is 450. The first kappa shape index (κ1) is 16.7. The first-order valence-electron chi connectivity index (χ1n) is 8.07. The number of piperidine rings is 1. The summed E-state index contributed by atoms with van der Waals surface area (Å²) in [5.41, 5.74) is 0. The second-order valence-corrected chi connectivity index (χ2v) is 9.06. The summed E-state index contributed by atoms with van der Waals surface area (Å²) >= 11 is 0. The molecule has 1 aliphatic carbocycles. The van der Waals surface area contributed by atoms with Crippen molar-refractivity contribution >= 4 is 15.7 Å². The number of carbonyl (C=O) groups is 1. The van der Waals surface area contributed by atoms with Crippen molar-refractivity contribution in [1.29, 1.82) is 0 Å². The van der Waals surface area contributed by atoms with E-state index < -0.39 is 9.84 Å². The molecule has 0 bridgehead atoms. The van der Waals surface area contributed by atoms with Gasteiger partial charge in [0, 0.05) is 19.1 Å². The molecule has 5 nitrogen and oxygen atoms in total. The van der Waals surface area contributed by atoms with E-state index in [1.165, 1.54) is 12.8 Å². The average molecular weight is 316 g/mol. The molecule has 1 N–H and O–H groups in total. The van der Waals surface area contributed by atoms with Gasteiger partial charge in [0.1, 0.15) is 5.75 Å². The lowest BCUT2D eigenvalue weighted by atomic mass is 10.0. The highest BCUT2D eigenvalue weighted by atomic mass is 32.2. The van der Waals surface area contributed by atoms with E-state index in [2.05, 4.69) is 5.32 Å². The standard InChI is InChI=1S/C15H28N2O3S/c1-12(2)10-21(19,20)11-15(18)17-7-5-14(6-8-17)16-9-13-3-4-13/h12-14,16H,3-11H2,1-2H3. The highest BCUT2D eigenvalue weighted by molar-refractivity contribution is 7.92. The number of likely N-dealkylation sites (tertiary alicyclic amines) is 1. The smallest absolute Gasteiger partial charge is 0.237 e. The van der Waals surface area contributed by atoms with E-state index in [0.29, 0.717) is 19.1 Å². The Morgan fingerprint density at radius 3 is 2.33 bits per heavy atom. The number of nitrogens with one attached hydrogen (secondary N) is 1. The number of hydrogen-bond donors (Lipinski definition) is 1. The van der Waals surface area contributed by atoms with E-state index in [0.717, 1.165) is 25.3 Å². The second kappa shape index (κ2) is 7.09. The molecule has 2 rings (SSSR count). The highest BCUT2D eigenvalue weighted by Crippen LogP contribution is 2.28. The van der Waals surface area contributed by atoms with Gasteiger partial charge < -0.3 is 10.2 Å². The minimum absolute atomic E-state index is 0.0696. The van der Waals surface area contributed by atoms with E-state index >= 15 is 0 Å². The SMILES string of the molecule is CC(C)CS(=O)(=O)CC(=O)N1CCC(NCC2CC2)CC1. The Labute approximate surface area is 128 Å². The Morgan fingerprint density at radius 2 is 1.81 bits per heavy atom. The Balaban J connectivity index is 1.71. The summed E-state index contributed by atoms with van der Waals surface area (Å²) in [5.74, 6) is 0.478. The van der Waals surface area contributed by atoms with Crippen molar-refractivity contribution < 1.29 is 13.2 Å². The topological polar surface area (TPSA) is 66.5 Å². The highest BCUT2D eigenvalue weighted by Gasteiger charge is 2.28. The largest absolute Gasteiger partial charge is 0.342 e. The van der Waals surface area contributed by atoms with Crippen molar-refractivity contribution in [3.63, 3.8) is 0 Å². The van der Waals surface area contributed by atoms with Gasteiger partial charge in [-0.25, -0.2) is 8.42 Å². The number of amides is 1. The molecule has 2 fully saturated rings. The summed E-state index contributed by atoms with van der Waals surface area (Å²) in [6.07, 6.45) is 4.56. The van der Waals surface area contributed by atoms with Gasteiger partial charge in [-0.05, 0) is 44.1 Å². The van der Waals surface area contributed by atoms with Crippen LogP contribution in [0.3, 0.4) is 0 Å². The molecule has 1 saturated heterocycles. The molecule has 1 heterocycles. The predicted octanol–water partition coefficient (Wildman–Crippen LogP) is 1.05. The zero-order chi connectivity index (χ0) is 15.5. The van der Waals surface area contributed by atoms with Crippen LogP contribution in [0.25, 0.3) is 0 Å². The maximum Gasteiger partial charge on any atom is 0.237 e. The molecule has 0 radical (unpaired) electrons. The van der Waals surface area contributed by atoms with Crippen molar-refractivity contribution in [2.75, 3.05) is 31.1 Å². The molecule has 1 saturated carbocycles. The van der Waals surface area contributed by atoms with E-state index in [1.807, 2.05) is 13.8 Å². The third-order valence-electron chi connectivity index (χ3n) is 4.17. The lowest BCUT2D eigenvalue weighted by Crippen LogP contribution is -2.47. The summed E-state index contributed by atoms with van der Waals surface area (Å²) in [7, 11) is -3.26. The van der Waals surface area contributed by atoms with Crippen molar-refractivity contribution in [2.24, 2.45) is 11.8 Å². The van der Waals surface area contributed by atoms with Crippen LogP contribution >= 0.6 is 0 Å². The van der Waals surface area contributed by atoms with Crippen molar-refractivity contribution in [2.45, 2.75) is 45.6 Å². The van der Waals surface area contributed by atoms with Crippen molar-refractivity contribution in [3.05, 3.63) is 0 Å². The molecule has 0 aromatic heterocycles. The fourth-order valence-corrected chi connectivity index (χ4v) is 4.53. The molecule has 122 valence electrons. The lowest BCUT2D eigenvalue weighted by Gasteiger charge is -2.32. The lowest BCUT2D eigenvalue weighted by molar-refractivity contribution is -0.129. The Hall–Kier alpha value is -0.620. The van der Waals surface area contributed by atoms with E-state index in [1.54, 1.807) is 4.90 Å². The average Bonchev–Trinajstić information content (AvgIpc) is 3.18. The van der Waals surface area contributed by atoms with Crippen LogP contribution in [0.1, 0.15) is 39.5 Å². The maximum atomic E-state index is 12.1. The number of nitrogens with zero attached hydrogens (tertiary/aromatic N) is 1. The molecule has 21 heavy (non-hydrogen) atoms. The summed E-state index contributed by atoms with van der Waals surface area (Å²) in [6, 6.07) is 0.488. The third-order valence-corrected chi connectivity index (χ3v) is 6.03. The number of rotatable bonds is 7. The van der Waals surface area contributed by atoms with Crippen LogP contribution in [-0.4, -0.2) is 56.4 Å². The monoisotopic (exact) mass is 316 g/mol. The second-order valence-electron chi connectivity index (χ2n) is 6.96. The van der Waals surface area contributed by atoms with Crippen LogP contribution in [0.15, 0.2) is 0 Å². The van der Waals surface area contributed by atoms with Gasteiger partial charge >= 0.3 is 0 Å². The molecule has 1 amide bonds. The summed E-state index contributed by atoms with van der Waals surface area (Å²) in [6.45, 7) is 6.18. The molecule has 1 aliphatic heterocycles. The minimum Gasteiger partial charge on any atom is -0.342 e.